The van der Waals surface area contributed by atoms with E-state index in [1.54, 1.807) is 13.0 Å². The Kier molecular flexibility index (Phi) is 3.57. The first-order valence-electron chi connectivity index (χ1n) is 5.69. The SMILES string of the molecule is Cc1cc(C(=O)Cc2nc(C)c(C)s2)ccc1F. The fourth-order valence-electron chi connectivity index (χ4n) is 1.67. The molecule has 0 spiro atoms. The largest absolute Gasteiger partial charge is 0.294 e. The summed E-state index contributed by atoms with van der Waals surface area (Å²) in [6.07, 6.45) is 0.282. The lowest BCUT2D eigenvalue weighted by molar-refractivity contribution is 0.0993. The van der Waals surface area contributed by atoms with Crippen LogP contribution in [0.4, 0.5) is 4.39 Å². The maximum Gasteiger partial charge on any atom is 0.169 e. The Bertz CT molecular complexity index is 584. The number of nitrogens with zero attached hydrogens (tertiary/aromatic N) is 1. The Morgan fingerprint density at radius 2 is 2.06 bits per heavy atom. The lowest BCUT2D eigenvalue weighted by atomic mass is 10.1. The molecule has 0 bridgehead atoms. The molecule has 18 heavy (non-hydrogen) atoms. The molecule has 0 aliphatic rings. The molecule has 2 rings (SSSR count). The van der Waals surface area contributed by atoms with Gasteiger partial charge in [0.2, 0.25) is 0 Å². The highest BCUT2D eigenvalue weighted by Crippen LogP contribution is 2.19. The minimum absolute atomic E-state index is 0.0214. The monoisotopic (exact) mass is 263 g/mol. The van der Waals surface area contributed by atoms with Crippen molar-refractivity contribution in [3.63, 3.8) is 0 Å². The van der Waals surface area contributed by atoms with Crippen LogP contribution in [0.5, 0.6) is 0 Å². The van der Waals surface area contributed by atoms with Gasteiger partial charge in [0.25, 0.3) is 0 Å². The van der Waals surface area contributed by atoms with Gasteiger partial charge in [-0.3, -0.25) is 4.79 Å². The smallest absolute Gasteiger partial charge is 0.169 e. The molecule has 0 N–H and O–H groups in total. The van der Waals surface area contributed by atoms with Crippen molar-refractivity contribution in [2.75, 3.05) is 0 Å². The Morgan fingerprint density at radius 1 is 1.33 bits per heavy atom. The van der Waals surface area contributed by atoms with Crippen LogP contribution in [-0.2, 0) is 6.42 Å². The normalized spacial score (nSPS) is 10.7. The average molecular weight is 263 g/mol. The van der Waals surface area contributed by atoms with Gasteiger partial charge in [-0.05, 0) is 44.5 Å². The molecule has 0 aliphatic carbocycles. The molecule has 0 aliphatic heterocycles. The van der Waals surface area contributed by atoms with E-state index < -0.39 is 0 Å². The number of carbonyl (C=O) groups is 1. The van der Waals surface area contributed by atoms with E-state index in [9.17, 15) is 9.18 Å². The molecule has 0 saturated heterocycles. The van der Waals surface area contributed by atoms with Crippen molar-refractivity contribution in [1.29, 1.82) is 0 Å². The van der Waals surface area contributed by atoms with Crippen molar-refractivity contribution in [2.24, 2.45) is 0 Å². The molecule has 0 atom stereocenters. The van der Waals surface area contributed by atoms with E-state index in [4.69, 9.17) is 0 Å². The zero-order valence-electron chi connectivity index (χ0n) is 10.6. The Balaban J connectivity index is 2.19. The highest BCUT2D eigenvalue weighted by molar-refractivity contribution is 7.11. The van der Waals surface area contributed by atoms with E-state index >= 15 is 0 Å². The summed E-state index contributed by atoms with van der Waals surface area (Å²) in [5, 5.41) is 0.817. The van der Waals surface area contributed by atoms with E-state index in [0.717, 1.165) is 15.6 Å². The summed E-state index contributed by atoms with van der Waals surface area (Å²) >= 11 is 1.54. The fourth-order valence-corrected chi connectivity index (χ4v) is 2.60. The summed E-state index contributed by atoms with van der Waals surface area (Å²) in [6.45, 7) is 5.58. The summed E-state index contributed by atoms with van der Waals surface area (Å²) in [4.78, 5) is 17.5. The molecular weight excluding hydrogens is 249 g/mol. The number of carbonyl (C=O) groups excluding carboxylic acids is 1. The highest BCUT2D eigenvalue weighted by atomic mass is 32.1. The number of aryl methyl sites for hydroxylation is 3. The lowest BCUT2D eigenvalue weighted by Crippen LogP contribution is -2.04. The molecule has 0 amide bonds. The molecule has 1 heterocycles. The van der Waals surface area contributed by atoms with Crippen LogP contribution in [0.3, 0.4) is 0 Å². The van der Waals surface area contributed by atoms with Gasteiger partial charge in [-0.15, -0.1) is 11.3 Å². The second-order valence-electron chi connectivity index (χ2n) is 4.31. The van der Waals surface area contributed by atoms with Crippen LogP contribution in [0.25, 0.3) is 0 Å². The Labute approximate surface area is 110 Å². The maximum atomic E-state index is 13.1. The molecule has 0 saturated carbocycles. The van der Waals surface area contributed by atoms with Gasteiger partial charge in [0.1, 0.15) is 10.8 Å². The fraction of sp³-hybridized carbons (Fsp3) is 0.286. The second kappa shape index (κ2) is 4.98. The number of halogens is 1. The third kappa shape index (κ3) is 2.64. The van der Waals surface area contributed by atoms with Crippen LogP contribution >= 0.6 is 11.3 Å². The number of hydrogen-bond donors (Lipinski definition) is 0. The molecule has 1 aromatic carbocycles. The first-order valence-corrected chi connectivity index (χ1v) is 6.51. The van der Waals surface area contributed by atoms with Gasteiger partial charge in [-0.25, -0.2) is 9.37 Å². The minimum Gasteiger partial charge on any atom is -0.294 e. The number of Topliss-reactive ketones (excluding diaryl/α,β-unsaturated/α-hetero) is 1. The van der Waals surface area contributed by atoms with Gasteiger partial charge in [0.05, 0.1) is 12.1 Å². The highest BCUT2D eigenvalue weighted by Gasteiger charge is 2.12. The Morgan fingerprint density at radius 3 is 2.61 bits per heavy atom. The summed E-state index contributed by atoms with van der Waals surface area (Å²) in [7, 11) is 0. The predicted octanol–water partition coefficient (Wildman–Crippen LogP) is 3.63. The number of ketones is 1. The van der Waals surface area contributed by atoms with Crippen molar-refractivity contribution in [3.05, 3.63) is 50.7 Å². The van der Waals surface area contributed by atoms with E-state index in [0.29, 0.717) is 11.1 Å². The summed E-state index contributed by atoms with van der Waals surface area (Å²) < 4.78 is 13.1. The first kappa shape index (κ1) is 12.9. The van der Waals surface area contributed by atoms with Crippen LogP contribution in [-0.4, -0.2) is 10.8 Å². The third-order valence-electron chi connectivity index (χ3n) is 2.86. The number of hydrogen-bond acceptors (Lipinski definition) is 3. The quantitative estimate of drug-likeness (QED) is 0.791. The van der Waals surface area contributed by atoms with Gasteiger partial charge in [0, 0.05) is 10.4 Å². The Hall–Kier alpha value is -1.55. The lowest BCUT2D eigenvalue weighted by Gasteiger charge is -2.01. The summed E-state index contributed by atoms with van der Waals surface area (Å²) in [5.41, 5.74) is 2.00. The zero-order chi connectivity index (χ0) is 13.3. The summed E-state index contributed by atoms with van der Waals surface area (Å²) in [6, 6.07) is 4.45. The van der Waals surface area contributed by atoms with Gasteiger partial charge >= 0.3 is 0 Å². The van der Waals surface area contributed by atoms with E-state index in [-0.39, 0.29) is 18.0 Å². The zero-order valence-corrected chi connectivity index (χ0v) is 11.4. The summed E-state index contributed by atoms with van der Waals surface area (Å²) in [5.74, 6) is -0.306. The third-order valence-corrected chi connectivity index (χ3v) is 3.94. The molecule has 0 unspecified atom stereocenters. The van der Waals surface area contributed by atoms with Gasteiger partial charge in [0.15, 0.2) is 5.78 Å². The number of benzene rings is 1. The van der Waals surface area contributed by atoms with Crippen LogP contribution in [0, 0.1) is 26.6 Å². The molecule has 0 fully saturated rings. The number of aromatic nitrogens is 1. The van der Waals surface area contributed by atoms with Crippen molar-refractivity contribution < 1.29 is 9.18 Å². The minimum atomic E-state index is -0.285. The number of thiazole rings is 1. The van der Waals surface area contributed by atoms with E-state index in [1.807, 2.05) is 13.8 Å². The second-order valence-corrected chi connectivity index (χ2v) is 5.60. The number of rotatable bonds is 3. The molecule has 2 aromatic rings. The molecular formula is C14H14FNOS. The van der Waals surface area contributed by atoms with Crippen LogP contribution in [0.15, 0.2) is 18.2 Å². The predicted molar refractivity (Wildman–Crippen MR) is 70.8 cm³/mol. The topological polar surface area (TPSA) is 30.0 Å². The molecule has 0 radical (unpaired) electrons. The van der Waals surface area contributed by atoms with Crippen molar-refractivity contribution >= 4 is 17.1 Å². The molecule has 1 aromatic heterocycles. The van der Waals surface area contributed by atoms with E-state index in [1.165, 1.54) is 23.5 Å². The maximum absolute atomic E-state index is 13.1. The van der Waals surface area contributed by atoms with Gasteiger partial charge in [-0.1, -0.05) is 0 Å². The van der Waals surface area contributed by atoms with E-state index in [2.05, 4.69) is 4.98 Å². The van der Waals surface area contributed by atoms with Crippen molar-refractivity contribution in [3.8, 4) is 0 Å². The molecule has 4 heteroatoms. The first-order chi connectivity index (χ1) is 8.47. The molecule has 94 valence electrons. The molecule has 2 nitrogen and oxygen atoms in total. The van der Waals surface area contributed by atoms with Crippen LogP contribution in [0.1, 0.15) is 31.5 Å². The van der Waals surface area contributed by atoms with Crippen molar-refractivity contribution in [2.45, 2.75) is 27.2 Å². The van der Waals surface area contributed by atoms with Crippen LogP contribution < -0.4 is 0 Å². The average Bonchev–Trinajstić information content (AvgIpc) is 2.61. The van der Waals surface area contributed by atoms with Gasteiger partial charge in [-0.2, -0.15) is 0 Å². The van der Waals surface area contributed by atoms with Gasteiger partial charge < -0.3 is 0 Å². The standard InChI is InChI=1S/C14H14FNOS/c1-8-6-11(4-5-12(8)15)13(17)7-14-16-9(2)10(3)18-14/h4-6H,7H2,1-3H3. The van der Waals surface area contributed by atoms with Crippen molar-refractivity contribution in [1.82, 2.24) is 4.98 Å². The van der Waals surface area contributed by atoms with Crippen LogP contribution in [0.2, 0.25) is 0 Å².